The number of carbonyl (C=O) groups excluding carboxylic acids is 1. The van der Waals surface area contributed by atoms with Gasteiger partial charge in [0.2, 0.25) is 0 Å². The van der Waals surface area contributed by atoms with Crippen molar-refractivity contribution in [1.82, 2.24) is 9.66 Å². The number of aromatic nitrogens is 2. The van der Waals surface area contributed by atoms with Crippen LogP contribution in [0.25, 0.3) is 21.6 Å². The van der Waals surface area contributed by atoms with E-state index in [2.05, 4.69) is 42.3 Å². The summed E-state index contributed by atoms with van der Waals surface area (Å²) in [5, 5.41) is 0.414. The van der Waals surface area contributed by atoms with Crippen molar-refractivity contribution in [1.29, 1.82) is 0 Å². The number of nitrogens with one attached hydrogen (secondary N) is 1. The molecule has 0 aliphatic rings. The molecule has 0 saturated heterocycles. The second-order valence-corrected chi connectivity index (χ2v) is 9.30. The summed E-state index contributed by atoms with van der Waals surface area (Å²) < 4.78 is 7.86. The first-order chi connectivity index (χ1) is 14.0. The van der Waals surface area contributed by atoms with Crippen LogP contribution >= 0.6 is 43.2 Å². The molecule has 0 aliphatic heterocycles. The van der Waals surface area contributed by atoms with Crippen LogP contribution in [0.3, 0.4) is 0 Å². The van der Waals surface area contributed by atoms with E-state index in [0.29, 0.717) is 32.5 Å². The van der Waals surface area contributed by atoms with Crippen molar-refractivity contribution in [3.63, 3.8) is 0 Å². The van der Waals surface area contributed by atoms with E-state index < -0.39 is 5.91 Å². The molecule has 0 radical (unpaired) electrons. The van der Waals surface area contributed by atoms with Crippen LogP contribution in [0, 0.1) is 0 Å². The number of halogens is 2. The number of carbonyl (C=O) groups is 1. The molecule has 6 nitrogen and oxygen atoms in total. The number of thiophene rings is 1. The molecule has 0 unspecified atom stereocenters. The Hall–Kier alpha value is -2.49. The predicted molar refractivity (Wildman–Crippen MR) is 121 cm³/mol. The monoisotopic (exact) mass is 533 g/mol. The quantitative estimate of drug-likeness (QED) is 0.398. The highest BCUT2D eigenvalue weighted by atomic mass is 79.9. The fourth-order valence-electron chi connectivity index (χ4n) is 2.80. The van der Waals surface area contributed by atoms with Gasteiger partial charge in [0, 0.05) is 4.47 Å². The number of methoxy groups -OCH3 is 1. The molecule has 2 aromatic heterocycles. The number of amides is 1. The summed E-state index contributed by atoms with van der Waals surface area (Å²) in [5.74, 6) is 0.424. The Labute approximate surface area is 186 Å². The lowest BCUT2D eigenvalue weighted by molar-refractivity contribution is 0.101. The zero-order valence-corrected chi connectivity index (χ0v) is 19.0. The number of fused-ring (bicyclic) bond motifs is 1. The van der Waals surface area contributed by atoms with E-state index in [-0.39, 0.29) is 5.56 Å². The SMILES string of the molecule is COc1ccc(Br)c(C(=O)Nn2c(-c3ccc(Br)s3)nc3ccccc3c2=O)c1. The van der Waals surface area contributed by atoms with Crippen LogP contribution in [0.15, 0.2) is 67.7 Å². The van der Waals surface area contributed by atoms with Crippen molar-refractivity contribution < 1.29 is 9.53 Å². The average molecular weight is 535 g/mol. The van der Waals surface area contributed by atoms with Crippen molar-refractivity contribution >= 4 is 60.0 Å². The van der Waals surface area contributed by atoms with Gasteiger partial charge >= 0.3 is 0 Å². The molecular weight excluding hydrogens is 522 g/mol. The highest BCUT2D eigenvalue weighted by Gasteiger charge is 2.18. The van der Waals surface area contributed by atoms with Gasteiger partial charge in [-0.15, -0.1) is 11.3 Å². The van der Waals surface area contributed by atoms with Gasteiger partial charge in [-0.2, -0.15) is 4.68 Å². The third kappa shape index (κ3) is 3.85. The first-order valence-corrected chi connectivity index (χ1v) is 10.8. The van der Waals surface area contributed by atoms with Crippen LogP contribution in [-0.2, 0) is 0 Å². The number of hydrogen-bond acceptors (Lipinski definition) is 5. The fraction of sp³-hybridized carbons (Fsp3) is 0.0500. The molecule has 0 fully saturated rings. The third-order valence-corrected chi connectivity index (χ3v) is 6.51. The summed E-state index contributed by atoms with van der Waals surface area (Å²) in [5.41, 5.74) is 3.23. The third-order valence-electron chi connectivity index (χ3n) is 4.20. The van der Waals surface area contributed by atoms with Gasteiger partial charge in [-0.05, 0) is 74.3 Å². The van der Waals surface area contributed by atoms with Crippen LogP contribution < -0.4 is 15.7 Å². The molecule has 146 valence electrons. The minimum absolute atomic E-state index is 0.336. The Kier molecular flexibility index (Phi) is 5.53. The largest absolute Gasteiger partial charge is 0.497 e. The minimum Gasteiger partial charge on any atom is -0.497 e. The molecule has 1 amide bonds. The summed E-state index contributed by atoms with van der Waals surface area (Å²) in [6.07, 6.45) is 0. The lowest BCUT2D eigenvalue weighted by Gasteiger charge is -2.14. The minimum atomic E-state index is -0.466. The maximum Gasteiger partial charge on any atom is 0.280 e. The fourth-order valence-corrected chi connectivity index (χ4v) is 4.60. The van der Waals surface area contributed by atoms with Gasteiger partial charge in [-0.3, -0.25) is 15.0 Å². The maximum atomic E-state index is 13.2. The summed E-state index contributed by atoms with van der Waals surface area (Å²) in [6, 6.07) is 15.8. The molecule has 4 aromatic rings. The Bertz CT molecular complexity index is 1300. The van der Waals surface area contributed by atoms with Crippen molar-refractivity contribution in [3.8, 4) is 16.5 Å². The average Bonchev–Trinajstić information content (AvgIpc) is 3.16. The number of nitrogens with zero attached hydrogens (tertiary/aromatic N) is 2. The molecule has 0 bridgehead atoms. The topological polar surface area (TPSA) is 73.2 Å². The van der Waals surface area contributed by atoms with Gasteiger partial charge in [-0.1, -0.05) is 12.1 Å². The normalized spacial score (nSPS) is 10.9. The predicted octanol–water partition coefficient (Wildman–Crippen LogP) is 5.04. The van der Waals surface area contributed by atoms with E-state index >= 15 is 0 Å². The van der Waals surface area contributed by atoms with Crippen molar-refractivity contribution in [2.75, 3.05) is 12.5 Å². The van der Waals surface area contributed by atoms with E-state index in [1.165, 1.54) is 23.1 Å². The molecule has 29 heavy (non-hydrogen) atoms. The van der Waals surface area contributed by atoms with Gasteiger partial charge in [0.15, 0.2) is 5.82 Å². The smallest absolute Gasteiger partial charge is 0.280 e. The highest BCUT2D eigenvalue weighted by Crippen LogP contribution is 2.30. The van der Waals surface area contributed by atoms with Crippen LogP contribution in [0.2, 0.25) is 0 Å². The summed E-state index contributed by atoms with van der Waals surface area (Å²) >= 11 is 8.22. The van der Waals surface area contributed by atoms with E-state index in [0.717, 1.165) is 8.66 Å². The van der Waals surface area contributed by atoms with Crippen LogP contribution in [0.5, 0.6) is 5.75 Å². The van der Waals surface area contributed by atoms with E-state index in [4.69, 9.17) is 4.74 Å². The van der Waals surface area contributed by atoms with Crippen LogP contribution in [0.4, 0.5) is 0 Å². The molecular formula is C20H13Br2N3O3S. The first-order valence-electron chi connectivity index (χ1n) is 8.40. The zero-order chi connectivity index (χ0) is 20.5. The Morgan fingerprint density at radius 2 is 1.93 bits per heavy atom. The van der Waals surface area contributed by atoms with E-state index in [9.17, 15) is 9.59 Å². The van der Waals surface area contributed by atoms with E-state index in [1.807, 2.05) is 18.2 Å². The van der Waals surface area contributed by atoms with Gasteiger partial charge in [-0.25, -0.2) is 4.98 Å². The highest BCUT2D eigenvalue weighted by molar-refractivity contribution is 9.11. The summed E-state index contributed by atoms with van der Waals surface area (Å²) in [6.45, 7) is 0. The molecule has 1 N–H and O–H groups in total. The lowest BCUT2D eigenvalue weighted by atomic mass is 10.2. The van der Waals surface area contributed by atoms with Gasteiger partial charge in [0.25, 0.3) is 11.5 Å². The molecule has 4 rings (SSSR count). The molecule has 9 heteroatoms. The summed E-state index contributed by atoms with van der Waals surface area (Å²) in [4.78, 5) is 31.5. The Morgan fingerprint density at radius 3 is 2.66 bits per heavy atom. The van der Waals surface area contributed by atoms with Gasteiger partial charge in [0.05, 0.1) is 32.2 Å². The van der Waals surface area contributed by atoms with E-state index in [1.54, 1.807) is 36.4 Å². The van der Waals surface area contributed by atoms with Crippen molar-refractivity contribution in [3.05, 3.63) is 78.8 Å². The molecule has 2 aromatic carbocycles. The first kappa shape index (κ1) is 19.8. The number of hydrogen-bond donors (Lipinski definition) is 1. The number of ether oxygens (including phenoxy) is 1. The Balaban J connectivity index is 1.87. The molecule has 0 saturated carbocycles. The van der Waals surface area contributed by atoms with Crippen molar-refractivity contribution in [2.24, 2.45) is 0 Å². The number of rotatable bonds is 4. The maximum absolute atomic E-state index is 13.2. The lowest BCUT2D eigenvalue weighted by Crippen LogP contribution is -2.35. The molecule has 0 atom stereocenters. The van der Waals surface area contributed by atoms with Crippen LogP contribution in [-0.4, -0.2) is 22.7 Å². The Morgan fingerprint density at radius 1 is 1.14 bits per heavy atom. The summed E-state index contributed by atoms with van der Waals surface area (Å²) in [7, 11) is 1.52. The second-order valence-electron chi connectivity index (χ2n) is 5.98. The van der Waals surface area contributed by atoms with Crippen LogP contribution in [0.1, 0.15) is 10.4 Å². The van der Waals surface area contributed by atoms with Crippen molar-refractivity contribution in [2.45, 2.75) is 0 Å². The van der Waals surface area contributed by atoms with Gasteiger partial charge in [0.1, 0.15) is 5.75 Å². The molecule has 0 spiro atoms. The number of para-hydroxylation sites is 1. The van der Waals surface area contributed by atoms with Gasteiger partial charge < -0.3 is 4.74 Å². The molecule has 2 heterocycles. The molecule has 0 aliphatic carbocycles. The second kappa shape index (κ2) is 8.10. The number of benzene rings is 2. The zero-order valence-electron chi connectivity index (χ0n) is 15.0. The standard InChI is InChI=1S/C20H13Br2N3O3S/c1-28-11-6-7-14(21)13(10-11)19(26)24-25-18(16-8-9-17(22)29-16)23-15-5-3-2-4-12(15)20(25)27/h2-10H,1H3,(H,24,26).